The summed E-state index contributed by atoms with van der Waals surface area (Å²) in [4.78, 5) is 73.7. The Hall–Kier alpha value is -5.58. The summed E-state index contributed by atoms with van der Waals surface area (Å²) in [7, 11) is 2.67. The van der Waals surface area contributed by atoms with Crippen molar-refractivity contribution in [1.82, 2.24) is 35.1 Å². The van der Waals surface area contributed by atoms with Crippen molar-refractivity contribution >= 4 is 51.3 Å². The van der Waals surface area contributed by atoms with Crippen molar-refractivity contribution in [3.8, 4) is 11.3 Å². The molecule has 0 saturated carbocycles. The molecule has 4 atom stereocenters. The van der Waals surface area contributed by atoms with E-state index < -0.39 is 18.2 Å². The number of methoxy groups -OCH3 is 1. The quantitative estimate of drug-likeness (QED) is 0.0489. The molecule has 3 amide bonds. The first kappa shape index (κ1) is 43.5. The van der Waals surface area contributed by atoms with Crippen molar-refractivity contribution in [2.45, 2.75) is 62.7 Å². The fourth-order valence-electron chi connectivity index (χ4n) is 7.57. The third-order valence-corrected chi connectivity index (χ3v) is 10.4. The molecule has 0 spiro atoms. The number of hydrogen-bond donors (Lipinski definition) is 3. The normalized spacial score (nSPS) is 17.3. The van der Waals surface area contributed by atoms with Crippen LogP contribution in [0.15, 0.2) is 102 Å². The molecule has 2 aromatic heterocycles. The number of likely N-dealkylation sites (tertiary alicyclic amines) is 2. The van der Waals surface area contributed by atoms with E-state index in [1.807, 2.05) is 78.0 Å². The molecular formula is C42H50N8O6S2. The highest BCUT2D eigenvalue weighted by molar-refractivity contribution is 7.59. The van der Waals surface area contributed by atoms with E-state index in [1.54, 1.807) is 4.90 Å². The summed E-state index contributed by atoms with van der Waals surface area (Å²) in [6.45, 7) is 1.18. The number of nitrogens with one attached hydrogen (secondary N) is 3. The minimum Gasteiger partial charge on any atom is -0.453 e. The van der Waals surface area contributed by atoms with E-state index >= 15 is 0 Å². The van der Waals surface area contributed by atoms with Gasteiger partial charge in [-0.15, -0.1) is 0 Å². The number of aromatic amines is 2. The number of nitrogens with zero attached hydrogens (tertiary/aromatic N) is 5. The highest BCUT2D eigenvalue weighted by Gasteiger charge is 2.38. The van der Waals surface area contributed by atoms with Gasteiger partial charge in [0.25, 0.3) is 11.8 Å². The molecule has 0 unspecified atom stereocenters. The van der Waals surface area contributed by atoms with Crippen LogP contribution in [-0.4, -0.2) is 81.4 Å². The van der Waals surface area contributed by atoms with E-state index in [4.69, 9.17) is 14.6 Å². The summed E-state index contributed by atoms with van der Waals surface area (Å²) in [6, 6.07) is 24.9. The maximum atomic E-state index is 13.9. The maximum Gasteiger partial charge on any atom is 0.407 e. The number of hydrogen-bond acceptors (Lipinski definition) is 9. The van der Waals surface area contributed by atoms with Crippen LogP contribution < -0.4 is 5.32 Å². The molecule has 2 aliphatic rings. The number of ether oxygens (including phenoxy) is 1. The maximum absolute atomic E-state index is 13.9. The lowest BCUT2D eigenvalue weighted by atomic mass is 10.0. The van der Waals surface area contributed by atoms with Gasteiger partial charge in [-0.1, -0.05) is 84.9 Å². The zero-order valence-corrected chi connectivity index (χ0v) is 34.5. The van der Waals surface area contributed by atoms with Gasteiger partial charge < -0.3 is 34.7 Å². The molecule has 2 saturated heterocycles. The SMILES string of the molecule is COOC=N[C@@H](C(=O)N1CCC[C@H]1c1ncc(-c2ccc(CCc3cnc([C@@H]4CCCN4C(=O)[C@H](NC(=O)OC)c4ccccc4)[nH]3)cc2)[nH]1)c1ccccc1.S.S. The molecule has 306 valence electrons. The van der Waals surface area contributed by atoms with Gasteiger partial charge in [0.05, 0.1) is 38.2 Å². The van der Waals surface area contributed by atoms with E-state index in [2.05, 4.69) is 54.4 Å². The van der Waals surface area contributed by atoms with Crippen LogP contribution in [0.25, 0.3) is 11.3 Å². The standard InChI is InChI=1S/C42H46N8O6.2H2S/c1-54-42(53)48-37(31-13-7-4-8-14-31)41(52)50-24-9-15-34(50)38-43-25-32(46-38)22-19-28-17-20-29(21-18-28)33-26-44-39(47-33)35-16-10-23-49(35)40(51)36(45-27-56-55-2)30-11-5-3-6-12-30;;/h3-8,11-14,17-18,20-21,25-27,34-37H,9-10,15-16,19,22-24H2,1-2H3,(H,43,46)(H,44,47)(H,48,53);2*1H2/t34-,35-,36+,37+;;/m0../s1. The second-order valence-corrected chi connectivity index (χ2v) is 13.9. The molecule has 4 heterocycles. The number of amides is 3. The second-order valence-electron chi connectivity index (χ2n) is 13.9. The number of aryl methyl sites for hydroxylation is 2. The van der Waals surface area contributed by atoms with Gasteiger partial charge >= 0.3 is 6.09 Å². The number of alkyl carbamates (subject to hydrolysis) is 1. The molecule has 2 aliphatic heterocycles. The molecule has 0 aliphatic carbocycles. The number of aliphatic imine (C=N–C) groups is 1. The van der Waals surface area contributed by atoms with E-state index in [-0.39, 0.29) is 50.9 Å². The third-order valence-electron chi connectivity index (χ3n) is 10.4. The van der Waals surface area contributed by atoms with Gasteiger partial charge in [0.2, 0.25) is 6.40 Å². The lowest BCUT2D eigenvalue weighted by Gasteiger charge is -2.28. The minimum atomic E-state index is -0.864. The average molecular weight is 827 g/mol. The van der Waals surface area contributed by atoms with Crippen LogP contribution in [0.2, 0.25) is 0 Å². The summed E-state index contributed by atoms with van der Waals surface area (Å²) >= 11 is 0. The Morgan fingerprint density at radius 1 is 0.793 bits per heavy atom. The Kier molecular flexibility index (Phi) is 15.6. The monoisotopic (exact) mass is 826 g/mol. The second kappa shape index (κ2) is 20.7. The highest BCUT2D eigenvalue weighted by Crippen LogP contribution is 2.36. The summed E-state index contributed by atoms with van der Waals surface area (Å²) < 4.78 is 4.82. The first-order valence-corrected chi connectivity index (χ1v) is 18.9. The Bertz CT molecular complexity index is 2110. The Morgan fingerprint density at radius 2 is 1.40 bits per heavy atom. The van der Waals surface area contributed by atoms with Crippen molar-refractivity contribution in [2.75, 3.05) is 27.3 Å². The van der Waals surface area contributed by atoms with E-state index in [0.717, 1.165) is 79.1 Å². The molecule has 14 nitrogen and oxygen atoms in total. The largest absolute Gasteiger partial charge is 0.453 e. The van der Waals surface area contributed by atoms with E-state index in [9.17, 15) is 14.4 Å². The number of carbonyl (C=O) groups excluding carboxylic acids is 3. The lowest BCUT2D eigenvalue weighted by Crippen LogP contribution is -2.42. The number of benzene rings is 3. The van der Waals surface area contributed by atoms with E-state index in [1.165, 1.54) is 19.8 Å². The third kappa shape index (κ3) is 10.1. The van der Waals surface area contributed by atoms with Gasteiger partial charge in [0.1, 0.15) is 17.7 Å². The first-order chi connectivity index (χ1) is 27.4. The molecule has 0 bridgehead atoms. The van der Waals surface area contributed by atoms with Gasteiger partial charge in [0, 0.05) is 25.0 Å². The molecule has 3 aromatic carbocycles. The Balaban J connectivity index is 0.00000320. The predicted molar refractivity (Wildman–Crippen MR) is 229 cm³/mol. The molecule has 7 rings (SSSR count). The van der Waals surface area contributed by atoms with Crippen molar-refractivity contribution < 1.29 is 28.9 Å². The number of H-pyrrole nitrogens is 2. The summed E-state index contributed by atoms with van der Waals surface area (Å²) in [5.74, 6) is 1.16. The van der Waals surface area contributed by atoms with Crippen LogP contribution in [0.3, 0.4) is 0 Å². The smallest absolute Gasteiger partial charge is 0.407 e. The summed E-state index contributed by atoms with van der Waals surface area (Å²) in [6.07, 6.45) is 8.97. The van der Waals surface area contributed by atoms with Gasteiger partial charge in [-0.2, -0.15) is 31.9 Å². The van der Waals surface area contributed by atoms with E-state index in [0.29, 0.717) is 18.7 Å². The van der Waals surface area contributed by atoms with Crippen molar-refractivity contribution in [3.05, 3.63) is 131 Å². The lowest BCUT2D eigenvalue weighted by molar-refractivity contribution is -0.188. The van der Waals surface area contributed by atoms with Crippen molar-refractivity contribution in [3.63, 3.8) is 0 Å². The topological polar surface area (TPSA) is 167 Å². The van der Waals surface area contributed by atoms with Gasteiger partial charge in [-0.25, -0.2) is 19.8 Å². The van der Waals surface area contributed by atoms with Crippen LogP contribution >= 0.6 is 27.0 Å². The number of carbonyl (C=O) groups is 3. The van der Waals surface area contributed by atoms with Crippen LogP contribution in [0, 0.1) is 0 Å². The predicted octanol–water partition coefficient (Wildman–Crippen LogP) is 6.58. The van der Waals surface area contributed by atoms with Crippen LogP contribution in [0.5, 0.6) is 0 Å². The van der Waals surface area contributed by atoms with Gasteiger partial charge in [0.15, 0.2) is 6.04 Å². The first-order valence-electron chi connectivity index (χ1n) is 18.9. The van der Waals surface area contributed by atoms with Crippen LogP contribution in [-0.2, 0) is 36.9 Å². The summed E-state index contributed by atoms with van der Waals surface area (Å²) in [5.41, 5.74) is 5.48. The molecule has 58 heavy (non-hydrogen) atoms. The minimum absolute atomic E-state index is 0. The molecular weight excluding hydrogens is 777 g/mol. The summed E-state index contributed by atoms with van der Waals surface area (Å²) in [5, 5.41) is 2.71. The average Bonchev–Trinajstić information content (AvgIpc) is 4.08. The van der Waals surface area contributed by atoms with Crippen LogP contribution in [0.4, 0.5) is 4.79 Å². The van der Waals surface area contributed by atoms with Gasteiger partial charge in [-0.05, 0) is 60.8 Å². The zero-order valence-electron chi connectivity index (χ0n) is 32.5. The number of rotatable bonds is 14. The zero-order chi connectivity index (χ0) is 38.9. The fraction of sp³-hybridized carbons (Fsp3) is 0.333. The Labute approximate surface area is 351 Å². The molecule has 0 radical (unpaired) electrons. The fourth-order valence-corrected chi connectivity index (χ4v) is 7.57. The molecule has 5 aromatic rings. The van der Waals surface area contributed by atoms with Crippen molar-refractivity contribution in [2.24, 2.45) is 4.99 Å². The van der Waals surface area contributed by atoms with Crippen molar-refractivity contribution in [1.29, 1.82) is 0 Å². The molecule has 3 N–H and O–H groups in total. The number of aromatic nitrogens is 4. The highest BCUT2D eigenvalue weighted by atomic mass is 32.1. The number of imidazole rings is 2. The molecule has 16 heteroatoms. The van der Waals surface area contributed by atoms with Gasteiger partial charge in [-0.3, -0.25) is 9.59 Å². The Morgan fingerprint density at radius 3 is 2.03 bits per heavy atom. The molecule has 2 fully saturated rings. The van der Waals surface area contributed by atoms with Crippen LogP contribution in [0.1, 0.15) is 83.9 Å².